The van der Waals surface area contributed by atoms with Gasteiger partial charge in [0, 0.05) is 12.0 Å². The Hall–Kier alpha value is -2.50. The van der Waals surface area contributed by atoms with Gasteiger partial charge in [-0.3, -0.25) is 14.5 Å². The summed E-state index contributed by atoms with van der Waals surface area (Å²) in [6.45, 7) is 2.59. The van der Waals surface area contributed by atoms with Gasteiger partial charge in [-0.1, -0.05) is 18.6 Å². The van der Waals surface area contributed by atoms with Crippen LogP contribution in [0.25, 0.3) is 6.08 Å². The van der Waals surface area contributed by atoms with Crippen LogP contribution in [0.3, 0.4) is 0 Å². The van der Waals surface area contributed by atoms with Crippen molar-refractivity contribution in [3.05, 3.63) is 62.8 Å². The van der Waals surface area contributed by atoms with E-state index in [0.29, 0.717) is 50.3 Å². The third kappa shape index (κ3) is 5.33. The zero-order valence-corrected chi connectivity index (χ0v) is 22.6. The Labute approximate surface area is 227 Å². The van der Waals surface area contributed by atoms with E-state index in [1.165, 1.54) is 16.2 Å². The van der Waals surface area contributed by atoms with Gasteiger partial charge in [0.05, 0.1) is 31.1 Å². The number of rotatable bonds is 10. The number of thiophene rings is 1. The molecule has 0 spiro atoms. The van der Waals surface area contributed by atoms with E-state index in [1.54, 1.807) is 13.2 Å². The second-order valence-corrected chi connectivity index (χ2v) is 11.3. The number of allylic oxidation sites excluding steroid dienone is 1. The van der Waals surface area contributed by atoms with E-state index in [9.17, 15) is 19.7 Å². The number of carbonyl (C=O) groups excluding carboxylic acids is 2. The largest absolute Gasteiger partial charge is 0.459 e. The highest BCUT2D eigenvalue weighted by Crippen LogP contribution is 2.51. The molecule has 2 amide bonds. The smallest absolute Gasteiger partial charge is 0.455 e. The number of imide groups is 1. The summed E-state index contributed by atoms with van der Waals surface area (Å²) < 4.78 is 17.2. The van der Waals surface area contributed by atoms with Gasteiger partial charge in [-0.25, -0.2) is 0 Å². The molecule has 2 saturated heterocycles. The van der Waals surface area contributed by atoms with Crippen LogP contribution >= 0.6 is 11.3 Å². The second kappa shape index (κ2) is 11.7. The van der Waals surface area contributed by atoms with Gasteiger partial charge in [0.1, 0.15) is 18.1 Å². The molecular weight excluding hydrogens is 505 g/mol. The fraction of sp³-hybridized carbons (Fsp3) is 0.500. The second-order valence-electron chi connectivity index (χ2n) is 10.2. The Kier molecular flexibility index (Phi) is 8.35. The van der Waals surface area contributed by atoms with Gasteiger partial charge in [0.25, 0.3) is 0 Å². The van der Waals surface area contributed by atoms with E-state index in [1.807, 2.05) is 29.7 Å². The standard InChI is InChI=1S/C28H34BNO7S/c1-3-17(11-19-7-8-20(15-31)36-19)6-9-24-25-18(16-35-2)12-22-26(23(25)13-29(34)37-24)28(33)30(27(22)32)14-21-5-4-10-38-21/h4-5,7-8,10-11,22-24,26,31,34H,3,6,9,12-16H2,1-2H3/b17-11+/t22-,23+,24-,26-/m1/s1. The SMILES string of the molecule is CC/C(=C\c1ccc(CO)o1)CC[C@H]1OB(O)C[C@H]2C1=C(COC)C[C@H]1C(=O)N(Cc3cccs3)C(=O)[C@H]12. The molecule has 5 rings (SSSR count). The Balaban J connectivity index is 1.40. The monoisotopic (exact) mass is 539 g/mol. The number of methoxy groups -OCH3 is 1. The molecule has 2 fully saturated rings. The molecule has 4 atom stereocenters. The highest BCUT2D eigenvalue weighted by Gasteiger charge is 2.57. The molecule has 0 bridgehead atoms. The Morgan fingerprint density at radius 3 is 2.79 bits per heavy atom. The lowest BCUT2D eigenvalue weighted by molar-refractivity contribution is -0.140. The van der Waals surface area contributed by atoms with E-state index in [2.05, 4.69) is 6.92 Å². The number of nitrogens with zero attached hydrogens (tertiary/aromatic N) is 1. The minimum atomic E-state index is -1.00. The summed E-state index contributed by atoms with van der Waals surface area (Å²) >= 11 is 1.53. The maximum Gasteiger partial charge on any atom is 0.455 e. The van der Waals surface area contributed by atoms with Crippen molar-refractivity contribution in [2.45, 2.75) is 58.2 Å². The molecule has 0 aromatic carbocycles. The maximum absolute atomic E-state index is 13.6. The normalized spacial score (nSPS) is 25.8. The van der Waals surface area contributed by atoms with Crippen LogP contribution in [0.1, 0.15) is 49.0 Å². The molecule has 0 saturated carbocycles. The van der Waals surface area contributed by atoms with E-state index in [4.69, 9.17) is 13.8 Å². The first-order valence-corrected chi connectivity index (χ1v) is 14.1. The summed E-state index contributed by atoms with van der Waals surface area (Å²) in [6.07, 6.45) is 4.53. The number of aliphatic hydroxyl groups excluding tert-OH is 1. The van der Waals surface area contributed by atoms with Gasteiger partial charge in [-0.15, -0.1) is 11.3 Å². The number of hydrogen-bond acceptors (Lipinski definition) is 8. The number of ether oxygens (including phenoxy) is 1. The number of carbonyl (C=O) groups is 2. The lowest BCUT2D eigenvalue weighted by atomic mass is 9.58. The Morgan fingerprint density at radius 2 is 2.11 bits per heavy atom. The molecule has 10 heteroatoms. The molecule has 202 valence electrons. The van der Waals surface area contributed by atoms with E-state index < -0.39 is 19.0 Å². The highest BCUT2D eigenvalue weighted by molar-refractivity contribution is 7.09. The van der Waals surface area contributed by atoms with Crippen molar-refractivity contribution in [2.24, 2.45) is 17.8 Å². The van der Waals surface area contributed by atoms with Crippen LogP contribution in [0.15, 0.2) is 50.8 Å². The number of likely N-dealkylation sites (tertiary alicyclic amines) is 1. The van der Waals surface area contributed by atoms with Gasteiger partial charge in [0.15, 0.2) is 0 Å². The third-order valence-electron chi connectivity index (χ3n) is 7.98. The zero-order chi connectivity index (χ0) is 26.8. The van der Waals surface area contributed by atoms with E-state index in [0.717, 1.165) is 28.0 Å². The van der Waals surface area contributed by atoms with Gasteiger partial charge in [0.2, 0.25) is 11.8 Å². The van der Waals surface area contributed by atoms with Crippen LogP contribution in [0.2, 0.25) is 6.32 Å². The van der Waals surface area contributed by atoms with Crippen molar-refractivity contribution < 1.29 is 33.5 Å². The average Bonchev–Trinajstić information content (AvgIpc) is 3.64. The summed E-state index contributed by atoms with van der Waals surface area (Å²) in [6, 6.07) is 7.45. The van der Waals surface area contributed by atoms with Crippen LogP contribution in [0, 0.1) is 17.8 Å². The molecule has 8 nitrogen and oxygen atoms in total. The minimum Gasteiger partial charge on any atom is -0.459 e. The first kappa shape index (κ1) is 27.1. The number of fused-ring (bicyclic) bond motifs is 3. The van der Waals surface area contributed by atoms with Crippen LogP contribution in [0.5, 0.6) is 0 Å². The summed E-state index contributed by atoms with van der Waals surface area (Å²) in [5.41, 5.74) is 3.19. The molecule has 4 heterocycles. The molecule has 0 unspecified atom stereocenters. The number of aliphatic hydroxyl groups is 1. The van der Waals surface area contributed by atoms with E-state index >= 15 is 0 Å². The zero-order valence-electron chi connectivity index (χ0n) is 21.8. The maximum atomic E-state index is 13.6. The molecular formula is C28H34BNO7S. The number of amides is 2. The Bertz CT molecular complexity index is 1220. The van der Waals surface area contributed by atoms with Gasteiger partial charge in [-0.2, -0.15) is 0 Å². The van der Waals surface area contributed by atoms with Gasteiger partial charge >= 0.3 is 7.12 Å². The summed E-state index contributed by atoms with van der Waals surface area (Å²) in [4.78, 5) is 29.5. The van der Waals surface area contributed by atoms with Crippen LogP contribution < -0.4 is 0 Å². The van der Waals surface area contributed by atoms with Crippen molar-refractivity contribution in [3.8, 4) is 0 Å². The van der Waals surface area contributed by atoms with Gasteiger partial charge < -0.3 is 23.9 Å². The summed E-state index contributed by atoms with van der Waals surface area (Å²) in [5, 5.41) is 22.0. The van der Waals surface area contributed by atoms with Crippen molar-refractivity contribution in [1.82, 2.24) is 4.90 Å². The van der Waals surface area contributed by atoms with Crippen molar-refractivity contribution in [3.63, 3.8) is 0 Å². The summed E-state index contributed by atoms with van der Waals surface area (Å²) in [5.74, 6) is -0.248. The number of furan rings is 1. The summed E-state index contributed by atoms with van der Waals surface area (Å²) in [7, 11) is 0.631. The molecule has 1 aliphatic carbocycles. The first-order valence-electron chi connectivity index (χ1n) is 13.2. The third-order valence-corrected chi connectivity index (χ3v) is 8.84. The molecule has 2 aromatic rings. The predicted molar refractivity (Wildman–Crippen MR) is 144 cm³/mol. The van der Waals surface area contributed by atoms with Crippen molar-refractivity contribution in [1.29, 1.82) is 0 Å². The van der Waals surface area contributed by atoms with E-state index in [-0.39, 0.29) is 30.4 Å². The van der Waals surface area contributed by atoms with Crippen LogP contribution in [-0.4, -0.2) is 53.8 Å². The fourth-order valence-electron chi connectivity index (χ4n) is 6.28. The predicted octanol–water partition coefficient (Wildman–Crippen LogP) is 4.05. The minimum absolute atomic E-state index is 0.129. The van der Waals surface area contributed by atoms with Crippen LogP contribution in [0.4, 0.5) is 0 Å². The lowest BCUT2D eigenvalue weighted by Gasteiger charge is -2.43. The molecule has 38 heavy (non-hydrogen) atoms. The first-order chi connectivity index (χ1) is 18.4. The fourth-order valence-corrected chi connectivity index (χ4v) is 6.97. The molecule has 2 aromatic heterocycles. The Morgan fingerprint density at radius 1 is 1.26 bits per heavy atom. The van der Waals surface area contributed by atoms with Gasteiger partial charge in [-0.05, 0) is 78.7 Å². The molecule has 3 aliphatic rings. The highest BCUT2D eigenvalue weighted by atomic mass is 32.1. The molecule has 2 aliphatic heterocycles. The number of hydrogen-bond donors (Lipinski definition) is 2. The van der Waals surface area contributed by atoms with Crippen LogP contribution in [-0.2, 0) is 32.1 Å². The molecule has 2 N–H and O–H groups in total. The lowest BCUT2D eigenvalue weighted by Crippen LogP contribution is -2.46. The molecule has 0 radical (unpaired) electrons. The topological polar surface area (TPSA) is 109 Å². The quantitative estimate of drug-likeness (QED) is 0.266. The van der Waals surface area contributed by atoms with Crippen molar-refractivity contribution >= 4 is 36.3 Å². The average molecular weight is 539 g/mol. The van der Waals surface area contributed by atoms with Crippen molar-refractivity contribution in [2.75, 3.05) is 13.7 Å².